The van der Waals surface area contributed by atoms with E-state index in [9.17, 15) is 0 Å². The lowest BCUT2D eigenvalue weighted by molar-refractivity contribution is -0.266. The fourth-order valence-corrected chi connectivity index (χ4v) is 14.1. The predicted molar refractivity (Wildman–Crippen MR) is 225 cm³/mol. The van der Waals surface area contributed by atoms with Gasteiger partial charge in [0.1, 0.15) is 0 Å². The zero-order chi connectivity index (χ0) is 35.6. The zero-order valence-corrected chi connectivity index (χ0v) is 31.2. The minimum atomic E-state index is 0.352. The van der Waals surface area contributed by atoms with E-state index in [0.29, 0.717) is 10.8 Å². The standard InChI is InChI=1S/C53H47N/c1-52-32-34-28-47-48-29-35(30-49(47)52)33-53(52,50(48)31-34)39-20-24-41(25-21-39)54(40-22-18-38(19-23-40)43-17-9-13-37-12-5-6-14-42(37)43)51-27-26-44(36-10-3-2-4-11-36)45-15-7-8-16-46(45)51/h2-27,34-35,47-50H,28-33H2,1H3. The van der Waals surface area contributed by atoms with Crippen molar-refractivity contribution in [2.45, 2.75) is 50.9 Å². The molecule has 7 saturated carbocycles. The van der Waals surface area contributed by atoms with E-state index < -0.39 is 0 Å². The van der Waals surface area contributed by atoms with Gasteiger partial charge in [-0.25, -0.2) is 0 Å². The second-order valence-corrected chi connectivity index (χ2v) is 18.0. The van der Waals surface area contributed by atoms with Crippen LogP contribution < -0.4 is 4.90 Å². The summed E-state index contributed by atoms with van der Waals surface area (Å²) in [7, 11) is 0. The summed E-state index contributed by atoms with van der Waals surface area (Å²) in [5.74, 6) is 5.70. The van der Waals surface area contributed by atoms with Crippen molar-refractivity contribution >= 4 is 38.6 Å². The average Bonchev–Trinajstić information content (AvgIpc) is 3.23. The highest BCUT2D eigenvalue weighted by Gasteiger charge is 2.74. The molecule has 1 nitrogen and oxygen atoms in total. The molecule has 7 aromatic carbocycles. The molecule has 14 rings (SSSR count). The third kappa shape index (κ3) is 4.22. The van der Waals surface area contributed by atoms with Gasteiger partial charge in [-0.15, -0.1) is 0 Å². The van der Waals surface area contributed by atoms with Crippen molar-refractivity contribution < 1.29 is 0 Å². The Morgan fingerprint density at radius 3 is 1.85 bits per heavy atom. The summed E-state index contributed by atoms with van der Waals surface area (Å²) in [5, 5.41) is 5.12. The van der Waals surface area contributed by atoms with E-state index in [1.54, 1.807) is 5.56 Å². The Morgan fingerprint density at radius 1 is 0.463 bits per heavy atom. The van der Waals surface area contributed by atoms with E-state index in [2.05, 4.69) is 170 Å². The van der Waals surface area contributed by atoms with Crippen LogP contribution in [0.5, 0.6) is 0 Å². The van der Waals surface area contributed by atoms with Crippen LogP contribution in [0.1, 0.15) is 51.0 Å². The molecule has 7 aromatic rings. The molecule has 7 aliphatic rings. The van der Waals surface area contributed by atoms with Gasteiger partial charge in [0, 0.05) is 22.2 Å². The number of fused-ring (bicyclic) bond motifs is 2. The summed E-state index contributed by atoms with van der Waals surface area (Å²) in [4.78, 5) is 2.52. The molecule has 0 aromatic heterocycles. The van der Waals surface area contributed by atoms with Gasteiger partial charge in [0.25, 0.3) is 0 Å². The predicted octanol–water partition coefficient (Wildman–Crippen LogP) is 14.1. The fourth-order valence-electron chi connectivity index (χ4n) is 14.1. The van der Waals surface area contributed by atoms with Gasteiger partial charge in [-0.3, -0.25) is 0 Å². The van der Waals surface area contributed by atoms with Crippen LogP contribution in [0, 0.1) is 40.9 Å². The van der Waals surface area contributed by atoms with E-state index >= 15 is 0 Å². The highest BCUT2D eigenvalue weighted by Crippen LogP contribution is 2.80. The number of nitrogens with zero attached hydrogens (tertiary/aromatic N) is 1. The minimum Gasteiger partial charge on any atom is -0.310 e. The molecule has 0 saturated heterocycles. The number of anilines is 3. The first-order chi connectivity index (χ1) is 26.6. The Morgan fingerprint density at radius 2 is 1.06 bits per heavy atom. The third-order valence-electron chi connectivity index (χ3n) is 15.9. The highest BCUT2D eigenvalue weighted by molar-refractivity contribution is 6.06. The monoisotopic (exact) mass is 697 g/mol. The van der Waals surface area contributed by atoms with Gasteiger partial charge < -0.3 is 4.90 Å². The van der Waals surface area contributed by atoms with Crippen LogP contribution >= 0.6 is 0 Å². The van der Waals surface area contributed by atoms with E-state index in [1.807, 2.05) is 0 Å². The lowest BCUT2D eigenvalue weighted by Gasteiger charge is -2.79. The van der Waals surface area contributed by atoms with Crippen LogP contribution in [0.15, 0.2) is 158 Å². The Hall–Kier alpha value is -5.14. The van der Waals surface area contributed by atoms with Gasteiger partial charge in [-0.05, 0) is 154 Å². The summed E-state index contributed by atoms with van der Waals surface area (Å²) in [5.41, 5.74) is 11.1. The van der Waals surface area contributed by atoms with Crippen LogP contribution in [0.25, 0.3) is 43.8 Å². The van der Waals surface area contributed by atoms with Crippen LogP contribution in [-0.2, 0) is 5.41 Å². The van der Waals surface area contributed by atoms with E-state index in [-0.39, 0.29) is 0 Å². The summed E-state index contributed by atoms with van der Waals surface area (Å²) in [6.07, 6.45) is 8.92. The molecule has 264 valence electrons. The molecule has 8 unspecified atom stereocenters. The van der Waals surface area contributed by atoms with Crippen LogP contribution in [-0.4, -0.2) is 0 Å². The molecular formula is C53H47N. The fraction of sp³-hybridized carbons (Fsp3) is 0.283. The van der Waals surface area contributed by atoms with Crippen molar-refractivity contribution in [1.29, 1.82) is 0 Å². The molecule has 0 amide bonds. The quantitative estimate of drug-likeness (QED) is 0.167. The molecule has 0 spiro atoms. The Bertz CT molecular complexity index is 2560. The zero-order valence-electron chi connectivity index (χ0n) is 31.2. The van der Waals surface area contributed by atoms with Crippen LogP contribution in [0.4, 0.5) is 17.1 Å². The normalized spacial score (nSPS) is 30.0. The van der Waals surface area contributed by atoms with Gasteiger partial charge in [0.05, 0.1) is 5.69 Å². The second kappa shape index (κ2) is 11.4. The number of hydrogen-bond donors (Lipinski definition) is 0. The van der Waals surface area contributed by atoms with Crippen molar-refractivity contribution in [2.24, 2.45) is 40.9 Å². The average molecular weight is 698 g/mol. The first-order valence-electron chi connectivity index (χ1n) is 20.7. The summed E-state index contributed by atoms with van der Waals surface area (Å²) < 4.78 is 0. The molecule has 54 heavy (non-hydrogen) atoms. The van der Waals surface area contributed by atoms with Crippen molar-refractivity contribution in [2.75, 3.05) is 4.90 Å². The largest absolute Gasteiger partial charge is 0.310 e. The van der Waals surface area contributed by atoms with Crippen molar-refractivity contribution in [3.63, 3.8) is 0 Å². The summed E-state index contributed by atoms with van der Waals surface area (Å²) >= 11 is 0. The first-order valence-corrected chi connectivity index (χ1v) is 20.7. The van der Waals surface area contributed by atoms with Crippen molar-refractivity contribution in [1.82, 2.24) is 0 Å². The van der Waals surface area contributed by atoms with Gasteiger partial charge in [-0.1, -0.05) is 134 Å². The maximum atomic E-state index is 2.75. The number of benzene rings is 7. The number of rotatable bonds is 6. The molecule has 1 heteroatoms. The third-order valence-corrected chi connectivity index (χ3v) is 15.9. The topological polar surface area (TPSA) is 3.24 Å². The first kappa shape index (κ1) is 31.2. The number of hydrogen-bond acceptors (Lipinski definition) is 1. The molecule has 8 bridgehead atoms. The van der Waals surface area contributed by atoms with E-state index in [1.165, 1.54) is 99.4 Å². The molecule has 0 radical (unpaired) electrons. The Kier molecular flexibility index (Phi) is 6.62. The molecule has 7 fully saturated rings. The molecule has 0 aliphatic heterocycles. The minimum absolute atomic E-state index is 0.352. The Labute approximate surface area is 319 Å². The summed E-state index contributed by atoms with van der Waals surface area (Å²) in [6, 6.07) is 59.4. The van der Waals surface area contributed by atoms with Crippen LogP contribution in [0.3, 0.4) is 0 Å². The summed E-state index contributed by atoms with van der Waals surface area (Å²) in [6.45, 7) is 2.75. The Balaban J connectivity index is 1.00. The van der Waals surface area contributed by atoms with Crippen LogP contribution in [0.2, 0.25) is 0 Å². The lowest BCUT2D eigenvalue weighted by atomic mass is 9.25. The van der Waals surface area contributed by atoms with Crippen molar-refractivity contribution in [3.05, 3.63) is 163 Å². The smallest absolute Gasteiger partial charge is 0.0540 e. The maximum absolute atomic E-state index is 2.75. The second-order valence-electron chi connectivity index (χ2n) is 18.0. The van der Waals surface area contributed by atoms with Gasteiger partial charge in [0.2, 0.25) is 0 Å². The van der Waals surface area contributed by atoms with Gasteiger partial charge in [0.15, 0.2) is 0 Å². The molecular weight excluding hydrogens is 651 g/mol. The van der Waals surface area contributed by atoms with Gasteiger partial charge >= 0.3 is 0 Å². The molecule has 8 atom stereocenters. The maximum Gasteiger partial charge on any atom is 0.0540 e. The molecule has 0 N–H and O–H groups in total. The lowest BCUT2D eigenvalue weighted by Crippen LogP contribution is -2.74. The SMILES string of the molecule is CC12CC3CC4C5CC(CC41)CC2(c1ccc(N(c2ccc(-c4cccc6ccccc46)cc2)c2ccc(-c4ccccc4)c4ccccc24)cc1)C5C3. The molecule has 7 aliphatic carbocycles. The van der Waals surface area contributed by atoms with Gasteiger partial charge in [-0.2, -0.15) is 0 Å². The van der Waals surface area contributed by atoms with Crippen molar-refractivity contribution in [3.8, 4) is 22.3 Å². The van der Waals surface area contributed by atoms with E-state index in [0.717, 1.165) is 35.5 Å². The van der Waals surface area contributed by atoms with E-state index in [4.69, 9.17) is 0 Å². The molecule has 0 heterocycles. The highest BCUT2D eigenvalue weighted by atomic mass is 15.1.